The molecule has 3 nitrogen and oxygen atoms in total. The monoisotopic (exact) mass is 370 g/mol. The van der Waals surface area contributed by atoms with E-state index in [1.807, 2.05) is 11.0 Å². The molecule has 2 fully saturated rings. The summed E-state index contributed by atoms with van der Waals surface area (Å²) in [6.07, 6.45) is 2.64. The first kappa shape index (κ1) is 18.0. The molecular formula is C22H24F2N2O. The number of carbonyl (C=O) groups is 1. The topological polar surface area (TPSA) is 23.6 Å². The Morgan fingerprint density at radius 2 is 1.74 bits per heavy atom. The maximum Gasteiger partial charge on any atom is 0.254 e. The molecule has 0 unspecified atom stereocenters. The standard InChI is InChI=1S/C22H24F2N2O/c1-22(2)14-20-19(26(22)18-9-4-8-17(24)13-18)10-5-11-25(20)21(27)15-6-3-7-16(23)12-15/h3-4,6-9,12-13,19-20H,5,10-11,14H2,1-2H3/t19-,20-/m0/s1. The molecule has 0 bridgehead atoms. The molecular weight excluding hydrogens is 346 g/mol. The summed E-state index contributed by atoms with van der Waals surface area (Å²) in [5.41, 5.74) is 1.04. The second kappa shape index (κ2) is 6.63. The van der Waals surface area contributed by atoms with Crippen molar-refractivity contribution >= 4 is 11.6 Å². The van der Waals surface area contributed by atoms with Gasteiger partial charge in [0, 0.05) is 23.3 Å². The first-order chi connectivity index (χ1) is 12.9. The lowest BCUT2D eigenvalue weighted by Crippen LogP contribution is -2.52. The van der Waals surface area contributed by atoms with Gasteiger partial charge in [-0.25, -0.2) is 8.78 Å². The third-order valence-electron chi connectivity index (χ3n) is 5.85. The van der Waals surface area contributed by atoms with Gasteiger partial charge in [0.2, 0.25) is 0 Å². The number of hydrogen-bond donors (Lipinski definition) is 0. The number of carbonyl (C=O) groups excluding carboxylic acids is 1. The highest BCUT2D eigenvalue weighted by Gasteiger charge is 2.50. The molecule has 0 spiro atoms. The van der Waals surface area contributed by atoms with E-state index in [0.717, 1.165) is 24.9 Å². The minimum Gasteiger partial charge on any atom is -0.361 e. The number of benzene rings is 2. The van der Waals surface area contributed by atoms with Crippen LogP contribution in [0.2, 0.25) is 0 Å². The molecule has 0 aromatic heterocycles. The van der Waals surface area contributed by atoms with E-state index in [0.29, 0.717) is 12.1 Å². The summed E-state index contributed by atoms with van der Waals surface area (Å²) in [6, 6.07) is 12.7. The van der Waals surface area contributed by atoms with E-state index in [1.165, 1.54) is 18.2 Å². The maximum absolute atomic E-state index is 13.8. The molecule has 0 N–H and O–H groups in total. The average Bonchev–Trinajstić information content (AvgIpc) is 2.90. The number of rotatable bonds is 2. The molecule has 4 rings (SSSR count). The molecule has 0 radical (unpaired) electrons. The number of nitrogens with zero attached hydrogens (tertiary/aromatic N) is 2. The van der Waals surface area contributed by atoms with Crippen LogP contribution in [0.4, 0.5) is 14.5 Å². The number of halogens is 2. The third kappa shape index (κ3) is 3.20. The van der Waals surface area contributed by atoms with Crippen LogP contribution in [-0.4, -0.2) is 35.0 Å². The molecule has 1 amide bonds. The third-order valence-corrected chi connectivity index (χ3v) is 5.85. The number of piperidine rings is 1. The van der Waals surface area contributed by atoms with Gasteiger partial charge in [-0.05, 0) is 69.5 Å². The highest BCUT2D eigenvalue weighted by molar-refractivity contribution is 5.94. The zero-order valence-corrected chi connectivity index (χ0v) is 15.7. The number of fused-ring (bicyclic) bond motifs is 1. The first-order valence-electron chi connectivity index (χ1n) is 9.48. The van der Waals surface area contributed by atoms with E-state index in [4.69, 9.17) is 0 Å². The van der Waals surface area contributed by atoms with Crippen molar-refractivity contribution in [1.29, 1.82) is 0 Å². The van der Waals surface area contributed by atoms with E-state index >= 15 is 0 Å². The van der Waals surface area contributed by atoms with Crippen molar-refractivity contribution in [3.63, 3.8) is 0 Å². The lowest BCUT2D eigenvalue weighted by atomic mass is 9.93. The van der Waals surface area contributed by atoms with E-state index in [-0.39, 0.29) is 29.3 Å². The van der Waals surface area contributed by atoms with Gasteiger partial charge in [-0.2, -0.15) is 0 Å². The Hall–Kier alpha value is -2.43. The molecule has 2 aromatic carbocycles. The van der Waals surface area contributed by atoms with Crippen molar-refractivity contribution in [2.75, 3.05) is 11.4 Å². The van der Waals surface area contributed by atoms with E-state index in [1.54, 1.807) is 24.3 Å². The molecule has 5 heteroatoms. The van der Waals surface area contributed by atoms with Crippen LogP contribution in [0.1, 0.15) is 43.5 Å². The van der Waals surface area contributed by atoms with Crippen LogP contribution >= 0.6 is 0 Å². The molecule has 2 aliphatic heterocycles. The van der Waals surface area contributed by atoms with Crippen molar-refractivity contribution in [3.05, 3.63) is 65.7 Å². The lowest BCUT2D eigenvalue weighted by Gasteiger charge is -2.42. The first-order valence-corrected chi connectivity index (χ1v) is 9.48. The smallest absolute Gasteiger partial charge is 0.254 e. The van der Waals surface area contributed by atoms with Crippen LogP contribution < -0.4 is 4.90 Å². The Balaban J connectivity index is 1.67. The van der Waals surface area contributed by atoms with Gasteiger partial charge in [0.25, 0.3) is 5.91 Å². The normalized spacial score (nSPS) is 24.0. The molecule has 27 heavy (non-hydrogen) atoms. The summed E-state index contributed by atoms with van der Waals surface area (Å²) in [5, 5.41) is 0. The Labute approximate surface area is 158 Å². The van der Waals surface area contributed by atoms with Gasteiger partial charge >= 0.3 is 0 Å². The van der Waals surface area contributed by atoms with Crippen LogP contribution in [0.15, 0.2) is 48.5 Å². The highest BCUT2D eigenvalue weighted by Crippen LogP contribution is 2.44. The molecule has 2 atom stereocenters. The van der Waals surface area contributed by atoms with Crippen LogP contribution in [0.25, 0.3) is 0 Å². The van der Waals surface area contributed by atoms with Crippen molar-refractivity contribution < 1.29 is 13.6 Å². The number of hydrogen-bond acceptors (Lipinski definition) is 2. The summed E-state index contributed by atoms with van der Waals surface area (Å²) >= 11 is 0. The Bertz CT molecular complexity index is 867. The molecule has 0 aliphatic carbocycles. The van der Waals surface area contributed by atoms with Gasteiger partial charge in [-0.3, -0.25) is 4.79 Å². The van der Waals surface area contributed by atoms with E-state index < -0.39 is 5.82 Å². The number of likely N-dealkylation sites (tertiary alicyclic amines) is 1. The summed E-state index contributed by atoms with van der Waals surface area (Å²) < 4.78 is 27.4. The molecule has 2 saturated heterocycles. The summed E-state index contributed by atoms with van der Waals surface area (Å²) in [7, 11) is 0. The fourth-order valence-corrected chi connectivity index (χ4v) is 4.85. The summed E-state index contributed by atoms with van der Waals surface area (Å²) in [4.78, 5) is 17.2. The highest BCUT2D eigenvalue weighted by atomic mass is 19.1. The van der Waals surface area contributed by atoms with Crippen LogP contribution in [0.5, 0.6) is 0 Å². The predicted molar refractivity (Wildman–Crippen MR) is 102 cm³/mol. The van der Waals surface area contributed by atoms with Crippen LogP contribution in [-0.2, 0) is 0 Å². The van der Waals surface area contributed by atoms with E-state index in [9.17, 15) is 13.6 Å². The number of amides is 1. The van der Waals surface area contributed by atoms with Crippen LogP contribution in [0, 0.1) is 11.6 Å². The molecule has 2 aromatic rings. The Morgan fingerprint density at radius 1 is 1.04 bits per heavy atom. The average molecular weight is 370 g/mol. The van der Waals surface area contributed by atoms with Gasteiger partial charge in [-0.1, -0.05) is 12.1 Å². The second-order valence-electron chi connectivity index (χ2n) is 8.15. The fourth-order valence-electron chi connectivity index (χ4n) is 4.85. The van der Waals surface area contributed by atoms with E-state index in [2.05, 4.69) is 18.7 Å². The van der Waals surface area contributed by atoms with Gasteiger partial charge < -0.3 is 9.80 Å². The zero-order valence-electron chi connectivity index (χ0n) is 15.7. The molecule has 142 valence electrons. The zero-order chi connectivity index (χ0) is 19.2. The van der Waals surface area contributed by atoms with Crippen molar-refractivity contribution in [1.82, 2.24) is 4.90 Å². The van der Waals surface area contributed by atoms with Crippen molar-refractivity contribution in [2.24, 2.45) is 0 Å². The SMILES string of the molecule is CC1(C)C[C@H]2[C@H](CCCN2C(=O)c2cccc(F)c2)N1c1cccc(F)c1. The predicted octanol–water partition coefficient (Wildman–Crippen LogP) is 4.63. The maximum atomic E-state index is 13.8. The lowest BCUT2D eigenvalue weighted by molar-refractivity contribution is 0.0604. The molecule has 2 aliphatic rings. The van der Waals surface area contributed by atoms with Crippen molar-refractivity contribution in [3.8, 4) is 0 Å². The van der Waals surface area contributed by atoms with Crippen molar-refractivity contribution in [2.45, 2.75) is 50.7 Å². The molecule has 2 heterocycles. The molecule has 0 saturated carbocycles. The quantitative estimate of drug-likeness (QED) is 0.770. The number of anilines is 1. The van der Waals surface area contributed by atoms with Gasteiger partial charge in [0.1, 0.15) is 11.6 Å². The minimum atomic E-state index is -0.400. The van der Waals surface area contributed by atoms with Crippen LogP contribution in [0.3, 0.4) is 0 Å². The Morgan fingerprint density at radius 3 is 2.44 bits per heavy atom. The largest absolute Gasteiger partial charge is 0.361 e. The van der Waals surface area contributed by atoms with Gasteiger partial charge in [0.15, 0.2) is 0 Å². The summed E-state index contributed by atoms with van der Waals surface area (Å²) in [5.74, 6) is -0.779. The second-order valence-corrected chi connectivity index (χ2v) is 8.15. The summed E-state index contributed by atoms with van der Waals surface area (Å²) in [6.45, 7) is 4.95. The Kier molecular flexibility index (Phi) is 4.41. The minimum absolute atomic E-state index is 0.0350. The van der Waals surface area contributed by atoms with Gasteiger partial charge in [-0.15, -0.1) is 0 Å². The fraction of sp³-hybridized carbons (Fsp3) is 0.409. The van der Waals surface area contributed by atoms with Gasteiger partial charge in [0.05, 0.1) is 12.1 Å².